The molecule has 3 N–H and O–H groups in total. The van der Waals surface area contributed by atoms with Crippen molar-refractivity contribution in [3.8, 4) is 11.1 Å². The summed E-state index contributed by atoms with van der Waals surface area (Å²) in [5.74, 6) is -0.115. The van der Waals surface area contributed by atoms with Gasteiger partial charge in [0, 0.05) is 37.3 Å². The highest BCUT2D eigenvalue weighted by Crippen LogP contribution is 2.21. The fourth-order valence-corrected chi connectivity index (χ4v) is 3.62. The molecule has 4 rings (SSSR count). The Morgan fingerprint density at radius 3 is 2.77 bits per heavy atom. The van der Waals surface area contributed by atoms with Crippen molar-refractivity contribution in [1.29, 1.82) is 0 Å². The maximum Gasteiger partial charge on any atom is 0.243 e. The highest BCUT2D eigenvalue weighted by molar-refractivity contribution is 5.89. The summed E-state index contributed by atoms with van der Waals surface area (Å²) in [7, 11) is 0. The molecule has 0 bridgehead atoms. The number of likely N-dealkylation sites (tertiary alicyclic amines) is 1. The van der Waals surface area contributed by atoms with Crippen molar-refractivity contribution in [2.75, 3.05) is 6.54 Å². The predicted octanol–water partition coefficient (Wildman–Crippen LogP) is 1.19. The van der Waals surface area contributed by atoms with Gasteiger partial charge in [0.1, 0.15) is 11.8 Å². The van der Waals surface area contributed by atoms with Crippen LogP contribution in [0.5, 0.6) is 0 Å². The molecule has 1 saturated heterocycles. The molecule has 2 atom stereocenters. The van der Waals surface area contributed by atoms with Crippen molar-refractivity contribution in [1.82, 2.24) is 25.6 Å². The number of nitrogens with one attached hydrogen (secondary N) is 2. The van der Waals surface area contributed by atoms with Crippen molar-refractivity contribution < 1.29 is 19.2 Å². The lowest BCUT2D eigenvalue weighted by Gasteiger charge is -2.23. The second-order valence-corrected chi connectivity index (χ2v) is 7.46. The SMILES string of the molecule is Cc1cc(CC(=O)N2C[C@H](O)C[C@H]2C(=O)NCc2ccc(-c3cn[nH]c3)cc2)on1. The third-order valence-electron chi connectivity index (χ3n) is 5.16. The molecule has 3 aromatic rings. The van der Waals surface area contributed by atoms with Crippen molar-refractivity contribution in [2.45, 2.75) is 38.5 Å². The van der Waals surface area contributed by atoms with E-state index in [9.17, 15) is 14.7 Å². The number of β-amino-alcohol motifs (C(OH)–C–C–N with tert-alkyl or cyclic N) is 1. The minimum Gasteiger partial charge on any atom is -0.391 e. The third-order valence-corrected chi connectivity index (χ3v) is 5.16. The van der Waals surface area contributed by atoms with Crippen molar-refractivity contribution in [3.63, 3.8) is 0 Å². The number of H-pyrrole nitrogens is 1. The second-order valence-electron chi connectivity index (χ2n) is 7.46. The molecule has 0 radical (unpaired) electrons. The molecule has 1 aromatic carbocycles. The molecular weight excluding hydrogens is 386 g/mol. The van der Waals surface area contributed by atoms with Crippen LogP contribution < -0.4 is 5.32 Å². The molecule has 1 aliphatic rings. The highest BCUT2D eigenvalue weighted by atomic mass is 16.5. The van der Waals surface area contributed by atoms with Gasteiger partial charge in [-0.1, -0.05) is 29.4 Å². The predicted molar refractivity (Wildman–Crippen MR) is 107 cm³/mol. The molecule has 0 unspecified atom stereocenters. The first-order chi connectivity index (χ1) is 14.5. The lowest BCUT2D eigenvalue weighted by molar-refractivity contribution is -0.138. The van der Waals surface area contributed by atoms with Crippen LogP contribution in [-0.2, 0) is 22.6 Å². The highest BCUT2D eigenvalue weighted by Gasteiger charge is 2.38. The monoisotopic (exact) mass is 409 g/mol. The number of hydrogen-bond acceptors (Lipinski definition) is 6. The van der Waals surface area contributed by atoms with Crippen LogP contribution in [-0.4, -0.2) is 55.9 Å². The van der Waals surface area contributed by atoms with Gasteiger partial charge in [-0.3, -0.25) is 14.7 Å². The number of rotatable bonds is 6. The van der Waals surface area contributed by atoms with E-state index in [0.717, 1.165) is 16.7 Å². The van der Waals surface area contributed by atoms with E-state index in [4.69, 9.17) is 4.52 Å². The quantitative estimate of drug-likeness (QED) is 0.562. The Balaban J connectivity index is 1.36. The lowest BCUT2D eigenvalue weighted by atomic mass is 10.1. The van der Waals surface area contributed by atoms with Crippen LogP contribution in [0.1, 0.15) is 23.4 Å². The Labute approximate surface area is 173 Å². The van der Waals surface area contributed by atoms with Gasteiger partial charge in [0.2, 0.25) is 11.8 Å². The van der Waals surface area contributed by atoms with Crippen LogP contribution in [0.25, 0.3) is 11.1 Å². The first-order valence-corrected chi connectivity index (χ1v) is 9.75. The smallest absolute Gasteiger partial charge is 0.243 e. The van der Waals surface area contributed by atoms with Gasteiger partial charge in [-0.25, -0.2) is 0 Å². The zero-order chi connectivity index (χ0) is 21.1. The van der Waals surface area contributed by atoms with Crippen LogP contribution in [0.4, 0.5) is 0 Å². The fourth-order valence-electron chi connectivity index (χ4n) is 3.62. The van der Waals surface area contributed by atoms with E-state index in [1.807, 2.05) is 30.5 Å². The fraction of sp³-hybridized carbons (Fsp3) is 0.333. The van der Waals surface area contributed by atoms with Gasteiger partial charge < -0.3 is 19.8 Å². The lowest BCUT2D eigenvalue weighted by Crippen LogP contribution is -2.46. The summed E-state index contributed by atoms with van der Waals surface area (Å²) in [5, 5.41) is 23.4. The number of aliphatic hydroxyl groups excluding tert-OH is 1. The molecule has 30 heavy (non-hydrogen) atoms. The standard InChI is InChI=1S/C21H23N5O4/c1-13-6-18(30-25-13)8-20(28)26-12-17(27)7-19(26)21(29)22-9-14-2-4-15(5-3-14)16-10-23-24-11-16/h2-6,10-11,17,19,27H,7-9,12H2,1H3,(H,22,29)(H,23,24)/t17-,19+/m1/s1. The van der Waals surface area contributed by atoms with E-state index in [1.165, 1.54) is 4.90 Å². The number of benzene rings is 1. The van der Waals surface area contributed by atoms with Gasteiger partial charge >= 0.3 is 0 Å². The van der Waals surface area contributed by atoms with E-state index >= 15 is 0 Å². The molecule has 2 aromatic heterocycles. The Morgan fingerprint density at radius 1 is 1.30 bits per heavy atom. The van der Waals surface area contributed by atoms with Gasteiger partial charge in [-0.15, -0.1) is 0 Å². The van der Waals surface area contributed by atoms with Crippen molar-refractivity contribution in [3.05, 3.63) is 59.7 Å². The van der Waals surface area contributed by atoms with Crippen molar-refractivity contribution in [2.24, 2.45) is 0 Å². The van der Waals surface area contributed by atoms with E-state index in [1.54, 1.807) is 19.2 Å². The Morgan fingerprint density at radius 2 is 2.10 bits per heavy atom. The molecule has 3 heterocycles. The van der Waals surface area contributed by atoms with E-state index < -0.39 is 12.1 Å². The number of aryl methyl sites for hydroxylation is 1. The summed E-state index contributed by atoms with van der Waals surface area (Å²) in [6, 6.07) is 8.76. The molecule has 9 heteroatoms. The number of carbonyl (C=O) groups excluding carboxylic acids is 2. The maximum atomic E-state index is 12.7. The zero-order valence-corrected chi connectivity index (χ0v) is 16.5. The molecule has 156 valence electrons. The molecule has 0 spiro atoms. The summed E-state index contributed by atoms with van der Waals surface area (Å²) in [6.07, 6.45) is 3.05. The normalized spacial score (nSPS) is 18.5. The number of aliphatic hydroxyl groups is 1. The number of aromatic nitrogens is 3. The summed E-state index contributed by atoms with van der Waals surface area (Å²) in [4.78, 5) is 26.8. The Kier molecular flexibility index (Phi) is 5.62. The largest absolute Gasteiger partial charge is 0.391 e. The summed E-state index contributed by atoms with van der Waals surface area (Å²) in [6.45, 7) is 2.24. The number of carbonyl (C=O) groups is 2. The van der Waals surface area contributed by atoms with E-state index in [2.05, 4.69) is 20.7 Å². The molecule has 1 aliphatic heterocycles. The Hall–Kier alpha value is -3.46. The maximum absolute atomic E-state index is 12.7. The van der Waals surface area contributed by atoms with Crippen LogP contribution in [0.2, 0.25) is 0 Å². The molecule has 2 amide bonds. The average molecular weight is 409 g/mol. The van der Waals surface area contributed by atoms with Crippen LogP contribution >= 0.6 is 0 Å². The molecule has 0 saturated carbocycles. The molecule has 9 nitrogen and oxygen atoms in total. The molecular formula is C21H23N5O4. The number of aromatic amines is 1. The van der Waals surface area contributed by atoms with Gasteiger partial charge in [0.05, 0.1) is 24.4 Å². The number of hydrogen-bond donors (Lipinski definition) is 3. The van der Waals surface area contributed by atoms with Crippen LogP contribution in [0.3, 0.4) is 0 Å². The molecule has 0 aliphatic carbocycles. The topological polar surface area (TPSA) is 124 Å². The van der Waals surface area contributed by atoms with Gasteiger partial charge in [0.15, 0.2) is 0 Å². The summed E-state index contributed by atoms with van der Waals surface area (Å²) >= 11 is 0. The first-order valence-electron chi connectivity index (χ1n) is 9.75. The van der Waals surface area contributed by atoms with E-state index in [0.29, 0.717) is 18.0 Å². The molecule has 1 fully saturated rings. The van der Waals surface area contributed by atoms with Gasteiger partial charge in [-0.05, 0) is 18.1 Å². The summed E-state index contributed by atoms with van der Waals surface area (Å²) < 4.78 is 5.09. The van der Waals surface area contributed by atoms with E-state index in [-0.39, 0.29) is 31.2 Å². The van der Waals surface area contributed by atoms with Gasteiger partial charge in [-0.2, -0.15) is 5.10 Å². The number of amides is 2. The third kappa shape index (κ3) is 4.41. The van der Waals surface area contributed by atoms with Crippen LogP contribution in [0, 0.1) is 6.92 Å². The van der Waals surface area contributed by atoms with Crippen molar-refractivity contribution >= 4 is 11.8 Å². The van der Waals surface area contributed by atoms with Crippen LogP contribution in [0.15, 0.2) is 47.2 Å². The minimum absolute atomic E-state index is 0.00676. The first kappa shape index (κ1) is 19.8. The summed E-state index contributed by atoms with van der Waals surface area (Å²) in [5.41, 5.74) is 3.63. The second kappa shape index (κ2) is 8.50. The Bertz CT molecular complexity index is 1010. The van der Waals surface area contributed by atoms with Gasteiger partial charge in [0.25, 0.3) is 0 Å². The minimum atomic E-state index is -0.726. The average Bonchev–Trinajstić information content (AvgIpc) is 3.48. The number of nitrogens with zero attached hydrogens (tertiary/aromatic N) is 3. The zero-order valence-electron chi connectivity index (χ0n) is 16.5.